The van der Waals surface area contributed by atoms with E-state index < -0.39 is 71.4 Å². The van der Waals surface area contributed by atoms with E-state index in [1.165, 1.54) is 6.07 Å². The van der Waals surface area contributed by atoms with Crippen LogP contribution in [0, 0.1) is 0 Å². The van der Waals surface area contributed by atoms with Crippen LogP contribution in [-0.2, 0) is 14.3 Å². The van der Waals surface area contributed by atoms with Gasteiger partial charge < -0.3 is 49.3 Å². The van der Waals surface area contributed by atoms with Crippen LogP contribution in [-0.4, -0.2) is 67.8 Å². The maximum Gasteiger partial charge on any atom is 0.303 e. The SMILES string of the molecule is CC(=O)O[C@@H]1[C@@H](Oc2c(-c3ccc(O)c(O)c3)oc3cc(O)cc(O)c3c2=O)O[C@H](CO)[C@H]1O. The topological polar surface area (TPSA) is 196 Å². The molecule has 6 N–H and O–H groups in total. The molecule has 180 valence electrons. The number of esters is 1. The zero-order chi connectivity index (χ0) is 24.7. The Morgan fingerprint density at radius 3 is 2.44 bits per heavy atom. The highest BCUT2D eigenvalue weighted by Gasteiger charge is 2.48. The standard InChI is InChI=1S/C22H20O12/c1-8(24)31-21-17(29)15(7-23)33-22(21)34-20-18(30)16-13(28)5-10(25)6-14(16)32-19(20)9-2-3-11(26)12(27)4-9/h2-6,15,17,21-23,25-29H,7H2,1H3/t15-,17-,21+,22-/m1/s1. The molecule has 2 aromatic carbocycles. The molecule has 3 aromatic rings. The quantitative estimate of drug-likeness (QED) is 0.223. The van der Waals surface area contributed by atoms with Crippen molar-refractivity contribution in [2.45, 2.75) is 31.5 Å². The third kappa shape index (κ3) is 4.05. The smallest absolute Gasteiger partial charge is 0.303 e. The van der Waals surface area contributed by atoms with Crippen molar-refractivity contribution in [2.75, 3.05) is 6.61 Å². The van der Waals surface area contributed by atoms with Crippen LogP contribution in [0.25, 0.3) is 22.3 Å². The summed E-state index contributed by atoms with van der Waals surface area (Å²) in [5.41, 5.74) is -1.10. The summed E-state index contributed by atoms with van der Waals surface area (Å²) < 4.78 is 21.9. The molecule has 1 aromatic heterocycles. The Labute approximate surface area is 190 Å². The Bertz CT molecular complexity index is 1310. The average Bonchev–Trinajstić information content (AvgIpc) is 3.05. The van der Waals surface area contributed by atoms with Gasteiger partial charge in [-0.2, -0.15) is 0 Å². The predicted octanol–water partition coefficient (Wildman–Crippen LogP) is 0.671. The zero-order valence-corrected chi connectivity index (χ0v) is 17.5. The Kier molecular flexibility index (Phi) is 5.96. The van der Waals surface area contributed by atoms with E-state index in [-0.39, 0.29) is 22.3 Å². The Balaban J connectivity index is 1.91. The second kappa shape index (κ2) is 8.74. The van der Waals surface area contributed by atoms with Crippen LogP contribution in [0.15, 0.2) is 39.5 Å². The minimum absolute atomic E-state index is 0.0495. The van der Waals surface area contributed by atoms with Crippen LogP contribution < -0.4 is 10.2 Å². The van der Waals surface area contributed by atoms with Gasteiger partial charge in [-0.1, -0.05) is 0 Å². The summed E-state index contributed by atoms with van der Waals surface area (Å²) in [5.74, 6) is -3.67. The van der Waals surface area contributed by atoms with Gasteiger partial charge in [0.15, 0.2) is 23.4 Å². The Morgan fingerprint density at radius 1 is 1.06 bits per heavy atom. The van der Waals surface area contributed by atoms with Crippen molar-refractivity contribution in [3.63, 3.8) is 0 Å². The number of carbonyl (C=O) groups is 1. The summed E-state index contributed by atoms with van der Waals surface area (Å²) >= 11 is 0. The number of phenols is 4. The van der Waals surface area contributed by atoms with Crippen molar-refractivity contribution in [3.05, 3.63) is 40.6 Å². The minimum atomic E-state index is -1.57. The molecule has 0 radical (unpaired) electrons. The zero-order valence-electron chi connectivity index (χ0n) is 17.5. The number of benzene rings is 2. The number of aliphatic hydroxyl groups is 2. The monoisotopic (exact) mass is 476 g/mol. The molecule has 0 spiro atoms. The van der Waals surface area contributed by atoms with Crippen LogP contribution in [0.3, 0.4) is 0 Å². The van der Waals surface area contributed by atoms with E-state index in [0.29, 0.717) is 0 Å². The summed E-state index contributed by atoms with van der Waals surface area (Å²) in [6.07, 6.45) is -5.69. The maximum absolute atomic E-state index is 13.3. The molecule has 4 atom stereocenters. The fraction of sp³-hybridized carbons (Fsp3) is 0.273. The lowest BCUT2D eigenvalue weighted by Gasteiger charge is -2.21. The van der Waals surface area contributed by atoms with Gasteiger partial charge in [0.25, 0.3) is 0 Å². The highest BCUT2D eigenvalue weighted by Crippen LogP contribution is 2.39. The molecular formula is C22H20O12. The van der Waals surface area contributed by atoms with E-state index in [1.54, 1.807) is 0 Å². The van der Waals surface area contributed by atoms with E-state index in [1.807, 2.05) is 0 Å². The second-order valence-corrected chi connectivity index (χ2v) is 7.54. The van der Waals surface area contributed by atoms with Gasteiger partial charge in [0.2, 0.25) is 17.5 Å². The first-order chi connectivity index (χ1) is 16.1. The third-order valence-corrected chi connectivity index (χ3v) is 5.17. The van der Waals surface area contributed by atoms with Gasteiger partial charge in [-0.15, -0.1) is 0 Å². The number of rotatable bonds is 5. The lowest BCUT2D eigenvalue weighted by Crippen LogP contribution is -2.40. The number of hydrogen-bond donors (Lipinski definition) is 6. The van der Waals surface area contributed by atoms with Gasteiger partial charge in [-0.3, -0.25) is 9.59 Å². The average molecular weight is 476 g/mol. The lowest BCUT2D eigenvalue weighted by atomic mass is 10.1. The molecule has 12 heteroatoms. The number of carbonyl (C=O) groups excluding carboxylic acids is 1. The number of aromatic hydroxyl groups is 4. The minimum Gasteiger partial charge on any atom is -0.508 e. The molecule has 0 bridgehead atoms. The maximum atomic E-state index is 13.3. The van der Waals surface area contributed by atoms with E-state index >= 15 is 0 Å². The molecule has 34 heavy (non-hydrogen) atoms. The van der Waals surface area contributed by atoms with Crippen LogP contribution in [0.2, 0.25) is 0 Å². The van der Waals surface area contributed by atoms with E-state index in [2.05, 4.69) is 0 Å². The molecule has 0 unspecified atom stereocenters. The van der Waals surface area contributed by atoms with Crippen molar-refractivity contribution in [1.82, 2.24) is 0 Å². The molecule has 0 amide bonds. The van der Waals surface area contributed by atoms with Crippen LogP contribution >= 0.6 is 0 Å². The van der Waals surface area contributed by atoms with Crippen molar-refractivity contribution in [1.29, 1.82) is 0 Å². The van der Waals surface area contributed by atoms with Crippen LogP contribution in [0.4, 0.5) is 0 Å². The number of aliphatic hydroxyl groups excluding tert-OH is 2. The molecule has 2 heterocycles. The van der Waals surface area contributed by atoms with Gasteiger partial charge in [0.1, 0.15) is 34.7 Å². The Morgan fingerprint density at radius 2 is 1.79 bits per heavy atom. The van der Waals surface area contributed by atoms with Gasteiger partial charge >= 0.3 is 5.97 Å². The second-order valence-electron chi connectivity index (χ2n) is 7.54. The number of hydrogen-bond acceptors (Lipinski definition) is 12. The first kappa shape index (κ1) is 23.2. The molecule has 4 rings (SSSR count). The van der Waals surface area contributed by atoms with E-state index in [4.69, 9.17) is 18.6 Å². The molecule has 1 fully saturated rings. The number of ether oxygens (including phenoxy) is 3. The van der Waals surface area contributed by atoms with Crippen molar-refractivity contribution in [3.8, 4) is 40.1 Å². The highest BCUT2D eigenvalue weighted by atomic mass is 16.7. The van der Waals surface area contributed by atoms with Crippen molar-refractivity contribution >= 4 is 16.9 Å². The molecule has 0 saturated carbocycles. The van der Waals surface area contributed by atoms with E-state index in [0.717, 1.165) is 31.2 Å². The van der Waals surface area contributed by atoms with Crippen LogP contribution in [0.5, 0.6) is 28.7 Å². The molecule has 1 aliphatic rings. The largest absolute Gasteiger partial charge is 0.508 e. The summed E-state index contributed by atoms with van der Waals surface area (Å²) in [4.78, 5) is 24.9. The molecule has 1 saturated heterocycles. The number of fused-ring (bicyclic) bond motifs is 1. The molecule has 12 nitrogen and oxygen atoms in total. The summed E-state index contributed by atoms with van der Waals surface area (Å²) in [7, 11) is 0. The van der Waals surface area contributed by atoms with Gasteiger partial charge in [-0.25, -0.2) is 0 Å². The van der Waals surface area contributed by atoms with Crippen molar-refractivity contribution in [2.24, 2.45) is 0 Å². The van der Waals surface area contributed by atoms with Gasteiger partial charge in [0, 0.05) is 24.6 Å². The summed E-state index contributed by atoms with van der Waals surface area (Å²) in [6, 6.07) is 5.47. The molecular weight excluding hydrogens is 456 g/mol. The first-order valence-corrected chi connectivity index (χ1v) is 9.94. The highest BCUT2D eigenvalue weighted by molar-refractivity contribution is 5.88. The van der Waals surface area contributed by atoms with E-state index in [9.17, 15) is 40.2 Å². The summed E-state index contributed by atoms with van der Waals surface area (Å²) in [5, 5.41) is 59.0. The fourth-order valence-corrected chi connectivity index (χ4v) is 3.61. The predicted molar refractivity (Wildman–Crippen MR) is 113 cm³/mol. The fourth-order valence-electron chi connectivity index (χ4n) is 3.61. The lowest BCUT2D eigenvalue weighted by molar-refractivity contribution is -0.165. The normalized spacial score (nSPS) is 22.1. The van der Waals surface area contributed by atoms with Gasteiger partial charge in [0.05, 0.1) is 6.61 Å². The van der Waals surface area contributed by atoms with Crippen molar-refractivity contribution < 1.29 is 54.1 Å². The van der Waals surface area contributed by atoms with Gasteiger partial charge in [-0.05, 0) is 18.2 Å². The summed E-state index contributed by atoms with van der Waals surface area (Å²) in [6.45, 7) is 0.430. The van der Waals surface area contributed by atoms with Crippen LogP contribution in [0.1, 0.15) is 6.92 Å². The molecule has 1 aliphatic heterocycles. The molecule has 0 aliphatic carbocycles. The number of phenolic OH excluding ortho intramolecular Hbond substituents is 4. The third-order valence-electron chi connectivity index (χ3n) is 5.17. The Hall–Kier alpha value is -4.00. The first-order valence-electron chi connectivity index (χ1n) is 9.94.